The summed E-state index contributed by atoms with van der Waals surface area (Å²) in [5, 5.41) is 12.1. The van der Waals surface area contributed by atoms with Gasteiger partial charge in [-0.3, -0.25) is 14.5 Å². The first-order chi connectivity index (χ1) is 29.4. The number of benzene rings is 3. The van der Waals surface area contributed by atoms with Crippen LogP contribution in [0.3, 0.4) is 0 Å². The first-order valence-corrected chi connectivity index (χ1v) is 21.6. The van der Waals surface area contributed by atoms with Crippen LogP contribution in [0.5, 0.6) is 11.5 Å². The third-order valence-corrected chi connectivity index (χ3v) is 12.6. The zero-order chi connectivity index (χ0) is 43.7. The van der Waals surface area contributed by atoms with E-state index in [0.29, 0.717) is 29.1 Å². The number of carbonyl (C=O) groups is 1. The summed E-state index contributed by atoms with van der Waals surface area (Å²) in [5.74, 6) is 0.641. The number of fused-ring (bicyclic) bond motifs is 1. The average molecular weight is 851 g/mol. The average Bonchev–Trinajstić information content (AvgIpc) is 3.66. The second kappa shape index (κ2) is 20.5. The molecule has 1 fully saturated rings. The van der Waals surface area contributed by atoms with E-state index in [1.165, 1.54) is 4.40 Å². The van der Waals surface area contributed by atoms with Crippen molar-refractivity contribution >= 4 is 26.0 Å². The third-order valence-electron chi connectivity index (χ3n) is 10.4. The number of hydrogen-bond donors (Lipinski definition) is 1. The van der Waals surface area contributed by atoms with Gasteiger partial charge in [-0.05, 0) is 74.7 Å². The van der Waals surface area contributed by atoms with E-state index in [4.69, 9.17) is 28.0 Å². The van der Waals surface area contributed by atoms with Gasteiger partial charge in [0.2, 0.25) is 11.9 Å². The minimum Gasteiger partial charge on any atom is -0.497 e. The number of nitriles is 1. The lowest BCUT2D eigenvalue weighted by Crippen LogP contribution is -2.39. The van der Waals surface area contributed by atoms with Crippen LogP contribution in [-0.4, -0.2) is 76.7 Å². The molecule has 0 saturated carbocycles. The monoisotopic (exact) mass is 850 g/mol. The van der Waals surface area contributed by atoms with Gasteiger partial charge in [0.15, 0.2) is 5.65 Å². The summed E-state index contributed by atoms with van der Waals surface area (Å²) in [6.07, 6.45) is 0.228. The zero-order valence-corrected chi connectivity index (χ0v) is 36.9. The first-order valence-electron chi connectivity index (χ1n) is 20.5. The molecule has 1 amide bonds. The summed E-state index contributed by atoms with van der Waals surface area (Å²) in [6.45, 7) is 12.1. The topological polar surface area (TPSA) is 159 Å². The molecule has 0 aliphatic carbocycles. The molecule has 0 spiro atoms. The molecule has 1 aliphatic heterocycles. The Balaban J connectivity index is 1.47. The van der Waals surface area contributed by atoms with Gasteiger partial charge in [-0.15, -0.1) is 0 Å². The Morgan fingerprint density at radius 1 is 0.902 bits per heavy atom. The molecular formula is C46H55N6O8P. The highest BCUT2D eigenvalue weighted by Crippen LogP contribution is 2.51. The summed E-state index contributed by atoms with van der Waals surface area (Å²) in [4.78, 5) is 34.7. The Labute approximate surface area is 358 Å². The lowest BCUT2D eigenvalue weighted by Gasteiger charge is -2.39. The Morgan fingerprint density at radius 2 is 1.51 bits per heavy atom. The van der Waals surface area contributed by atoms with Crippen LogP contribution in [0.15, 0.2) is 102 Å². The lowest BCUT2D eigenvalue weighted by molar-refractivity contribution is -0.118. The number of amides is 1. The van der Waals surface area contributed by atoms with Gasteiger partial charge in [0.05, 0.1) is 52.1 Å². The molecule has 322 valence electrons. The van der Waals surface area contributed by atoms with Gasteiger partial charge >= 0.3 is 5.69 Å². The van der Waals surface area contributed by atoms with E-state index in [-0.39, 0.29) is 49.5 Å². The van der Waals surface area contributed by atoms with Crippen molar-refractivity contribution in [1.82, 2.24) is 19.0 Å². The number of methoxy groups -OCH3 is 2. The van der Waals surface area contributed by atoms with Gasteiger partial charge in [0.1, 0.15) is 23.2 Å². The van der Waals surface area contributed by atoms with Crippen molar-refractivity contribution in [3.05, 3.63) is 130 Å². The van der Waals surface area contributed by atoms with Crippen molar-refractivity contribution in [2.24, 2.45) is 5.92 Å². The van der Waals surface area contributed by atoms with Crippen LogP contribution < -0.4 is 20.5 Å². The summed E-state index contributed by atoms with van der Waals surface area (Å²) >= 11 is 0. The van der Waals surface area contributed by atoms with E-state index in [9.17, 15) is 14.9 Å². The maximum atomic E-state index is 13.3. The van der Waals surface area contributed by atoms with Gasteiger partial charge in [-0.25, -0.2) is 9.46 Å². The highest BCUT2D eigenvalue weighted by atomic mass is 31.2. The summed E-state index contributed by atoms with van der Waals surface area (Å²) in [6, 6.07) is 31.5. The second-order valence-corrected chi connectivity index (χ2v) is 16.9. The molecular weight excluding hydrogens is 796 g/mol. The van der Waals surface area contributed by atoms with Crippen molar-refractivity contribution in [2.45, 2.75) is 90.4 Å². The molecule has 6 rings (SSSR count). The lowest BCUT2D eigenvalue weighted by atomic mass is 9.80. The highest BCUT2D eigenvalue weighted by molar-refractivity contribution is 7.44. The Kier molecular flexibility index (Phi) is 15.2. The van der Waals surface area contributed by atoms with Gasteiger partial charge in [-0.2, -0.15) is 15.2 Å². The Bertz CT molecular complexity index is 2260. The fraction of sp³-hybridized carbons (Fsp3) is 0.413. The smallest absolute Gasteiger partial charge is 0.356 e. The van der Waals surface area contributed by atoms with Gasteiger partial charge < -0.3 is 28.0 Å². The standard InChI is InChI=1S/C46H55N6O8P/c1-30(2)43(53)49-44-48-42-38(16-12-26-51(42)45(54)50-44)39-28-40(60-61(58-27-13-25-47)52(31(3)4)32(5)6)41(59-39)29-57-46(33-14-10-9-11-15-33,34-17-21-36(55-7)22-18-34)35-19-23-37(56-8)24-20-35/h9-12,14-24,26,30-32,39-41H,13,27-29H2,1-8H3,(H,49,50,53,54)/t39-,40+,41-,61?/m1/s1. The molecule has 1 aliphatic rings. The molecule has 5 aromatic rings. The van der Waals surface area contributed by atoms with Crippen molar-refractivity contribution in [3.8, 4) is 17.6 Å². The summed E-state index contributed by atoms with van der Waals surface area (Å²) in [5.41, 5.74) is 1.74. The maximum absolute atomic E-state index is 13.3. The van der Waals surface area contributed by atoms with Crippen molar-refractivity contribution in [3.63, 3.8) is 0 Å². The van der Waals surface area contributed by atoms with Crippen LogP contribution in [0.2, 0.25) is 0 Å². The molecule has 0 radical (unpaired) electrons. The number of aromatic nitrogens is 3. The van der Waals surface area contributed by atoms with Crippen LogP contribution in [0.1, 0.15) is 82.7 Å². The number of carbonyl (C=O) groups excluding carboxylic acids is 1. The Hall–Kier alpha value is -5.26. The number of anilines is 1. The summed E-state index contributed by atoms with van der Waals surface area (Å²) < 4.78 is 42.4. The van der Waals surface area contributed by atoms with Crippen LogP contribution in [0.4, 0.5) is 5.95 Å². The molecule has 0 bridgehead atoms. The molecule has 1 unspecified atom stereocenters. The second-order valence-electron chi connectivity index (χ2n) is 15.5. The van der Waals surface area contributed by atoms with Crippen LogP contribution >= 0.6 is 8.53 Å². The van der Waals surface area contributed by atoms with Gasteiger partial charge in [-0.1, -0.05) is 74.5 Å². The van der Waals surface area contributed by atoms with Crippen molar-refractivity contribution in [1.29, 1.82) is 5.26 Å². The molecule has 61 heavy (non-hydrogen) atoms. The normalized spacial score (nSPS) is 17.3. The fourth-order valence-corrected chi connectivity index (χ4v) is 9.25. The van der Waals surface area contributed by atoms with Gasteiger partial charge in [0, 0.05) is 36.2 Å². The molecule has 15 heteroatoms. The number of hydrogen-bond acceptors (Lipinski definition) is 12. The molecule has 3 heterocycles. The van der Waals surface area contributed by atoms with E-state index in [0.717, 1.165) is 16.7 Å². The van der Waals surface area contributed by atoms with Crippen molar-refractivity contribution < 1.29 is 32.8 Å². The van der Waals surface area contributed by atoms with Crippen LogP contribution in [0.25, 0.3) is 5.65 Å². The summed E-state index contributed by atoms with van der Waals surface area (Å²) in [7, 11) is 1.57. The van der Waals surface area contributed by atoms with E-state index in [1.54, 1.807) is 40.3 Å². The van der Waals surface area contributed by atoms with E-state index in [1.807, 2.05) is 84.9 Å². The predicted octanol–water partition coefficient (Wildman–Crippen LogP) is 8.20. The fourth-order valence-electron chi connectivity index (χ4n) is 7.49. The molecule has 4 atom stereocenters. The van der Waals surface area contributed by atoms with Crippen molar-refractivity contribution in [2.75, 3.05) is 32.8 Å². The number of pyridine rings is 1. The third kappa shape index (κ3) is 10.3. The zero-order valence-electron chi connectivity index (χ0n) is 36.0. The number of nitrogens with one attached hydrogen (secondary N) is 1. The molecule has 1 N–H and O–H groups in total. The van der Waals surface area contributed by atoms with Crippen LogP contribution in [0, 0.1) is 17.2 Å². The number of ether oxygens (including phenoxy) is 4. The number of nitrogens with zero attached hydrogens (tertiary/aromatic N) is 5. The molecule has 14 nitrogen and oxygen atoms in total. The maximum Gasteiger partial charge on any atom is 0.356 e. The molecule has 3 aromatic carbocycles. The SMILES string of the molecule is COc1ccc(C(OC[C@H]2O[C@@H](c3cccn4c(=O)nc(NC(=O)C(C)C)nc34)C[C@@H]2OP(OCCC#N)N(C(C)C)C(C)C)(c2ccccc2)c2ccc(OC)cc2)cc1. The molecule has 1 saturated heterocycles. The molecule has 2 aromatic heterocycles. The highest BCUT2D eigenvalue weighted by Gasteiger charge is 2.45. The Morgan fingerprint density at radius 3 is 2.07 bits per heavy atom. The van der Waals surface area contributed by atoms with E-state index in [2.05, 4.69) is 53.7 Å². The predicted molar refractivity (Wildman–Crippen MR) is 233 cm³/mol. The van der Waals surface area contributed by atoms with E-state index < -0.39 is 38.1 Å². The first kappa shape index (κ1) is 45.3. The van der Waals surface area contributed by atoms with Crippen LogP contribution in [-0.2, 0) is 28.9 Å². The number of rotatable bonds is 19. The minimum absolute atomic E-state index is 0.0498. The minimum atomic E-state index is -1.69. The quantitative estimate of drug-likeness (QED) is 0.0483. The largest absolute Gasteiger partial charge is 0.497 e. The van der Waals surface area contributed by atoms with E-state index >= 15 is 0 Å². The van der Waals surface area contributed by atoms with Gasteiger partial charge in [0.25, 0.3) is 8.53 Å².